The molecular formula is C17H14Cl2FNO4. The van der Waals surface area contributed by atoms with Crippen molar-refractivity contribution in [1.82, 2.24) is 0 Å². The van der Waals surface area contributed by atoms with E-state index in [1.807, 2.05) is 0 Å². The van der Waals surface area contributed by atoms with Crippen LogP contribution < -0.4 is 10.1 Å². The number of benzene rings is 2. The molecular weight excluding hydrogens is 372 g/mol. The Bertz CT molecular complexity index is 768. The van der Waals surface area contributed by atoms with Gasteiger partial charge in [-0.05, 0) is 49.4 Å². The fraction of sp³-hybridized carbons (Fsp3) is 0.176. The minimum Gasteiger partial charge on any atom is -0.482 e. The molecule has 2 rings (SSSR count). The van der Waals surface area contributed by atoms with Crippen molar-refractivity contribution in [2.75, 3.05) is 11.9 Å². The average Bonchev–Trinajstić information content (AvgIpc) is 2.56. The minimum absolute atomic E-state index is 0.263. The van der Waals surface area contributed by atoms with Gasteiger partial charge in [0.25, 0.3) is 5.91 Å². The third-order valence-corrected chi connectivity index (χ3v) is 3.58. The van der Waals surface area contributed by atoms with E-state index in [4.69, 9.17) is 32.7 Å². The van der Waals surface area contributed by atoms with Gasteiger partial charge in [0.15, 0.2) is 12.7 Å². The van der Waals surface area contributed by atoms with Crippen molar-refractivity contribution in [3.63, 3.8) is 0 Å². The average molecular weight is 386 g/mol. The van der Waals surface area contributed by atoms with Crippen LogP contribution in [0.5, 0.6) is 5.75 Å². The lowest BCUT2D eigenvalue weighted by molar-refractivity contribution is -0.155. The van der Waals surface area contributed by atoms with Crippen LogP contribution in [0.1, 0.15) is 6.92 Å². The lowest BCUT2D eigenvalue weighted by Crippen LogP contribution is -2.31. The summed E-state index contributed by atoms with van der Waals surface area (Å²) in [5, 5.41) is 3.23. The van der Waals surface area contributed by atoms with Gasteiger partial charge in [0.1, 0.15) is 11.6 Å². The summed E-state index contributed by atoms with van der Waals surface area (Å²) in [4.78, 5) is 23.8. The summed E-state index contributed by atoms with van der Waals surface area (Å²) >= 11 is 11.7. The number of hydrogen-bond donors (Lipinski definition) is 1. The highest BCUT2D eigenvalue weighted by atomic mass is 35.5. The summed E-state index contributed by atoms with van der Waals surface area (Å²) < 4.78 is 22.9. The van der Waals surface area contributed by atoms with Gasteiger partial charge in [-0.1, -0.05) is 23.2 Å². The van der Waals surface area contributed by atoms with E-state index in [2.05, 4.69) is 5.32 Å². The van der Waals surface area contributed by atoms with Gasteiger partial charge in [-0.3, -0.25) is 4.79 Å². The van der Waals surface area contributed by atoms with Crippen molar-refractivity contribution in [2.45, 2.75) is 13.0 Å². The molecule has 0 aliphatic rings. The van der Waals surface area contributed by atoms with E-state index in [1.54, 1.807) is 6.07 Å². The summed E-state index contributed by atoms with van der Waals surface area (Å²) in [5.74, 6) is -1.40. The van der Waals surface area contributed by atoms with E-state index in [9.17, 15) is 14.0 Å². The second kappa shape index (κ2) is 8.69. The predicted molar refractivity (Wildman–Crippen MR) is 92.5 cm³/mol. The molecule has 2 aromatic rings. The van der Waals surface area contributed by atoms with Crippen LogP contribution in [0, 0.1) is 5.82 Å². The molecule has 0 aliphatic heterocycles. The molecule has 1 amide bonds. The van der Waals surface area contributed by atoms with Crippen LogP contribution in [0.4, 0.5) is 10.1 Å². The van der Waals surface area contributed by atoms with Crippen molar-refractivity contribution in [3.05, 3.63) is 58.3 Å². The molecule has 2 aromatic carbocycles. The monoisotopic (exact) mass is 385 g/mol. The fourth-order valence-electron chi connectivity index (χ4n) is 1.78. The Morgan fingerprint density at radius 3 is 2.48 bits per heavy atom. The molecule has 0 unspecified atom stereocenters. The lowest BCUT2D eigenvalue weighted by Gasteiger charge is -2.14. The highest BCUT2D eigenvalue weighted by Crippen LogP contribution is 2.25. The smallest absolute Gasteiger partial charge is 0.344 e. The number of halogens is 3. The van der Waals surface area contributed by atoms with Gasteiger partial charge in [0, 0.05) is 5.02 Å². The van der Waals surface area contributed by atoms with Gasteiger partial charge >= 0.3 is 5.97 Å². The highest BCUT2D eigenvalue weighted by molar-refractivity contribution is 6.36. The Hall–Kier alpha value is -2.31. The molecule has 0 saturated carbocycles. The van der Waals surface area contributed by atoms with Gasteiger partial charge in [-0.15, -0.1) is 0 Å². The summed E-state index contributed by atoms with van der Waals surface area (Å²) in [6.07, 6.45) is -1.06. The zero-order valence-electron chi connectivity index (χ0n) is 13.1. The first-order valence-corrected chi connectivity index (χ1v) is 7.94. The van der Waals surface area contributed by atoms with Gasteiger partial charge in [0.2, 0.25) is 0 Å². The Morgan fingerprint density at radius 2 is 1.84 bits per heavy atom. The van der Waals surface area contributed by atoms with E-state index >= 15 is 0 Å². The fourth-order valence-corrected chi connectivity index (χ4v) is 2.24. The number of carbonyl (C=O) groups is 2. The molecule has 8 heteroatoms. The van der Waals surface area contributed by atoms with E-state index < -0.39 is 30.4 Å². The van der Waals surface area contributed by atoms with Gasteiger partial charge < -0.3 is 14.8 Å². The summed E-state index contributed by atoms with van der Waals surface area (Å²) in [6, 6.07) is 9.73. The first-order chi connectivity index (χ1) is 11.8. The third kappa shape index (κ3) is 5.92. The molecule has 0 saturated heterocycles. The van der Waals surface area contributed by atoms with Crippen LogP contribution in [-0.4, -0.2) is 24.6 Å². The van der Waals surface area contributed by atoms with E-state index in [0.717, 1.165) is 0 Å². The van der Waals surface area contributed by atoms with Crippen LogP contribution in [0.3, 0.4) is 0 Å². The molecule has 0 aliphatic carbocycles. The maximum atomic E-state index is 12.8. The van der Waals surface area contributed by atoms with Crippen LogP contribution in [-0.2, 0) is 14.3 Å². The Kier molecular flexibility index (Phi) is 6.61. The SMILES string of the molecule is C[C@@H](OC(=O)COc1ccc(F)cc1)C(=O)Nc1ccc(Cl)cc1Cl. The number of nitrogens with one attached hydrogen (secondary N) is 1. The Morgan fingerprint density at radius 1 is 1.16 bits per heavy atom. The number of hydrogen-bond acceptors (Lipinski definition) is 4. The summed E-state index contributed by atoms with van der Waals surface area (Å²) in [5.41, 5.74) is 0.349. The molecule has 0 aromatic heterocycles. The number of anilines is 1. The summed E-state index contributed by atoms with van der Waals surface area (Å²) in [7, 11) is 0. The molecule has 0 radical (unpaired) electrons. The normalized spacial score (nSPS) is 11.5. The molecule has 25 heavy (non-hydrogen) atoms. The zero-order valence-corrected chi connectivity index (χ0v) is 14.6. The lowest BCUT2D eigenvalue weighted by atomic mass is 10.3. The first-order valence-electron chi connectivity index (χ1n) is 7.19. The molecule has 1 atom stereocenters. The zero-order chi connectivity index (χ0) is 18.4. The van der Waals surface area contributed by atoms with Crippen molar-refractivity contribution in [3.8, 4) is 5.75 Å². The number of carbonyl (C=O) groups excluding carboxylic acids is 2. The standard InChI is InChI=1S/C17H14Cl2FNO4/c1-10(17(23)21-15-7-2-11(18)8-14(15)19)25-16(22)9-24-13-5-3-12(20)4-6-13/h2-8,10H,9H2,1H3,(H,21,23)/t10-/m1/s1. The van der Waals surface area contributed by atoms with Crippen LogP contribution in [0.25, 0.3) is 0 Å². The Balaban J connectivity index is 1.83. The number of ether oxygens (including phenoxy) is 2. The van der Waals surface area contributed by atoms with Crippen LogP contribution in [0.15, 0.2) is 42.5 Å². The van der Waals surface area contributed by atoms with Crippen molar-refractivity contribution < 1.29 is 23.5 Å². The van der Waals surface area contributed by atoms with Gasteiger partial charge in [-0.2, -0.15) is 0 Å². The maximum absolute atomic E-state index is 12.8. The molecule has 0 fully saturated rings. The maximum Gasteiger partial charge on any atom is 0.344 e. The topological polar surface area (TPSA) is 64.6 Å². The second-order valence-electron chi connectivity index (χ2n) is 4.99. The highest BCUT2D eigenvalue weighted by Gasteiger charge is 2.19. The van der Waals surface area contributed by atoms with Crippen LogP contribution in [0.2, 0.25) is 10.0 Å². The van der Waals surface area contributed by atoms with Gasteiger partial charge in [-0.25, -0.2) is 9.18 Å². The van der Waals surface area contributed by atoms with Crippen LogP contribution >= 0.6 is 23.2 Å². The Labute approximate surface area is 153 Å². The second-order valence-corrected chi connectivity index (χ2v) is 5.83. The minimum atomic E-state index is -1.06. The van der Waals surface area contributed by atoms with Crippen molar-refractivity contribution in [2.24, 2.45) is 0 Å². The molecule has 0 heterocycles. The van der Waals surface area contributed by atoms with E-state index in [0.29, 0.717) is 16.5 Å². The molecule has 132 valence electrons. The molecule has 0 bridgehead atoms. The molecule has 5 nitrogen and oxygen atoms in total. The number of amides is 1. The van der Waals surface area contributed by atoms with Crippen molar-refractivity contribution >= 4 is 40.8 Å². The predicted octanol–water partition coefficient (Wildman–Crippen LogP) is 4.08. The van der Waals surface area contributed by atoms with E-state index in [-0.39, 0.29) is 5.02 Å². The van der Waals surface area contributed by atoms with Crippen molar-refractivity contribution in [1.29, 1.82) is 0 Å². The van der Waals surface area contributed by atoms with E-state index in [1.165, 1.54) is 43.3 Å². The summed E-state index contributed by atoms with van der Waals surface area (Å²) in [6.45, 7) is 1.000. The largest absolute Gasteiger partial charge is 0.482 e. The quantitative estimate of drug-likeness (QED) is 0.760. The van der Waals surface area contributed by atoms with Gasteiger partial charge in [0.05, 0.1) is 10.7 Å². The molecule has 0 spiro atoms. The first kappa shape index (κ1) is 19.0. The molecule has 1 N–H and O–H groups in total. The number of rotatable bonds is 6. The number of esters is 1. The third-order valence-electron chi connectivity index (χ3n) is 3.04.